The zero-order chi connectivity index (χ0) is 13.8. The number of hydrogen-bond donors (Lipinski definition) is 0. The normalized spacial score (nSPS) is 20.3. The Balaban J connectivity index is 2.15. The fraction of sp³-hybridized carbons (Fsp3) is 0.533. The van der Waals surface area contributed by atoms with Crippen LogP contribution in [0.25, 0.3) is 0 Å². The van der Waals surface area contributed by atoms with Crippen LogP contribution in [0.15, 0.2) is 18.2 Å². The molecular formula is C15H21NO3. The van der Waals surface area contributed by atoms with Gasteiger partial charge < -0.3 is 9.47 Å². The van der Waals surface area contributed by atoms with Crippen molar-refractivity contribution in [2.75, 3.05) is 26.9 Å². The summed E-state index contributed by atoms with van der Waals surface area (Å²) in [6.07, 6.45) is 0. The highest BCUT2D eigenvalue weighted by Gasteiger charge is 2.30. The summed E-state index contributed by atoms with van der Waals surface area (Å²) in [5.74, 6) is -0.218. The lowest BCUT2D eigenvalue weighted by Gasteiger charge is -2.34. The molecule has 0 aromatic heterocycles. The lowest BCUT2D eigenvalue weighted by atomic mass is 10.0. The van der Waals surface area contributed by atoms with Gasteiger partial charge in [-0.2, -0.15) is 0 Å². The molecule has 4 nitrogen and oxygen atoms in total. The van der Waals surface area contributed by atoms with Gasteiger partial charge in [0.25, 0.3) is 0 Å². The van der Waals surface area contributed by atoms with Crippen LogP contribution in [0, 0.1) is 13.8 Å². The third kappa shape index (κ3) is 3.33. The van der Waals surface area contributed by atoms with Crippen LogP contribution < -0.4 is 0 Å². The van der Waals surface area contributed by atoms with Crippen LogP contribution in [0.1, 0.15) is 16.7 Å². The molecule has 1 saturated heterocycles. The lowest BCUT2D eigenvalue weighted by Crippen LogP contribution is -2.49. The summed E-state index contributed by atoms with van der Waals surface area (Å²) < 4.78 is 10.2. The number of aryl methyl sites for hydroxylation is 2. The zero-order valence-electron chi connectivity index (χ0n) is 11.8. The third-order valence-electron chi connectivity index (χ3n) is 3.59. The van der Waals surface area contributed by atoms with Crippen molar-refractivity contribution >= 4 is 5.97 Å². The van der Waals surface area contributed by atoms with E-state index in [1.54, 1.807) is 0 Å². The molecule has 104 valence electrons. The maximum absolute atomic E-state index is 11.8. The minimum absolute atomic E-state index is 0.218. The Labute approximate surface area is 114 Å². The molecule has 0 amide bonds. The molecule has 0 aliphatic carbocycles. The fourth-order valence-electron chi connectivity index (χ4n) is 2.37. The number of carbonyl (C=O) groups excluding carboxylic acids is 1. The summed E-state index contributed by atoms with van der Waals surface area (Å²) in [5, 5.41) is 0. The summed E-state index contributed by atoms with van der Waals surface area (Å²) >= 11 is 0. The first-order chi connectivity index (χ1) is 9.11. The SMILES string of the molecule is COC(=O)C1COCCN1Cc1cc(C)ccc1C. The summed E-state index contributed by atoms with van der Waals surface area (Å²) in [4.78, 5) is 13.9. The minimum Gasteiger partial charge on any atom is -0.468 e. The highest BCUT2D eigenvalue weighted by molar-refractivity contribution is 5.75. The van der Waals surface area contributed by atoms with Gasteiger partial charge in [0.1, 0.15) is 6.04 Å². The maximum Gasteiger partial charge on any atom is 0.325 e. The third-order valence-corrected chi connectivity index (χ3v) is 3.59. The first-order valence-electron chi connectivity index (χ1n) is 6.57. The number of esters is 1. The van der Waals surface area contributed by atoms with Crippen molar-refractivity contribution in [1.29, 1.82) is 0 Å². The van der Waals surface area contributed by atoms with Gasteiger partial charge in [-0.25, -0.2) is 0 Å². The van der Waals surface area contributed by atoms with Gasteiger partial charge in [0, 0.05) is 13.1 Å². The van der Waals surface area contributed by atoms with Gasteiger partial charge in [-0.3, -0.25) is 9.69 Å². The summed E-state index contributed by atoms with van der Waals surface area (Å²) in [6, 6.07) is 6.12. The van der Waals surface area contributed by atoms with Gasteiger partial charge in [-0.05, 0) is 25.0 Å². The number of rotatable bonds is 3. The van der Waals surface area contributed by atoms with Gasteiger partial charge >= 0.3 is 5.97 Å². The first kappa shape index (κ1) is 14.0. The van der Waals surface area contributed by atoms with E-state index in [4.69, 9.17) is 9.47 Å². The van der Waals surface area contributed by atoms with E-state index in [1.807, 2.05) is 0 Å². The minimum atomic E-state index is -0.293. The second-order valence-electron chi connectivity index (χ2n) is 5.01. The van der Waals surface area contributed by atoms with Crippen LogP contribution in [0.5, 0.6) is 0 Å². The first-order valence-corrected chi connectivity index (χ1v) is 6.57. The van der Waals surface area contributed by atoms with E-state index in [0.29, 0.717) is 13.2 Å². The van der Waals surface area contributed by atoms with E-state index < -0.39 is 0 Å². The molecule has 0 saturated carbocycles. The Kier molecular flexibility index (Phi) is 4.56. The predicted molar refractivity (Wildman–Crippen MR) is 72.9 cm³/mol. The number of nitrogens with zero attached hydrogens (tertiary/aromatic N) is 1. The Hall–Kier alpha value is -1.39. The molecule has 1 aliphatic heterocycles. The average Bonchev–Trinajstić information content (AvgIpc) is 2.42. The van der Waals surface area contributed by atoms with E-state index in [-0.39, 0.29) is 12.0 Å². The van der Waals surface area contributed by atoms with E-state index in [0.717, 1.165) is 13.1 Å². The average molecular weight is 263 g/mol. The second kappa shape index (κ2) is 6.17. The molecule has 4 heteroatoms. The fourth-order valence-corrected chi connectivity index (χ4v) is 2.37. The van der Waals surface area contributed by atoms with Gasteiger partial charge in [-0.15, -0.1) is 0 Å². The zero-order valence-corrected chi connectivity index (χ0v) is 11.8. The molecule has 19 heavy (non-hydrogen) atoms. The smallest absolute Gasteiger partial charge is 0.325 e. The van der Waals surface area contributed by atoms with Crippen LogP contribution in [0.3, 0.4) is 0 Å². The van der Waals surface area contributed by atoms with E-state index in [1.165, 1.54) is 23.8 Å². The molecule has 1 fully saturated rings. The molecule has 1 unspecified atom stereocenters. The van der Waals surface area contributed by atoms with Crippen LogP contribution >= 0.6 is 0 Å². The molecule has 1 aliphatic rings. The van der Waals surface area contributed by atoms with E-state index in [9.17, 15) is 4.79 Å². The van der Waals surface area contributed by atoms with Crippen LogP contribution in [-0.4, -0.2) is 43.8 Å². The van der Waals surface area contributed by atoms with Crippen molar-refractivity contribution in [3.05, 3.63) is 34.9 Å². The summed E-state index contributed by atoms with van der Waals surface area (Å²) in [7, 11) is 1.42. The van der Waals surface area contributed by atoms with Crippen LogP contribution in [0.2, 0.25) is 0 Å². The standard InChI is InChI=1S/C15H21NO3/c1-11-4-5-12(2)13(8-11)9-16-6-7-19-10-14(16)15(17)18-3/h4-5,8,14H,6-7,9-10H2,1-3H3. The van der Waals surface area contributed by atoms with Gasteiger partial charge in [-0.1, -0.05) is 23.8 Å². The highest BCUT2D eigenvalue weighted by atomic mass is 16.5. The maximum atomic E-state index is 11.8. The quantitative estimate of drug-likeness (QED) is 0.778. The molecule has 2 rings (SSSR count). The second-order valence-corrected chi connectivity index (χ2v) is 5.01. The molecule has 0 radical (unpaired) electrons. The van der Waals surface area contributed by atoms with Crippen LogP contribution in [0.4, 0.5) is 0 Å². The van der Waals surface area contributed by atoms with Crippen molar-refractivity contribution in [3.8, 4) is 0 Å². The van der Waals surface area contributed by atoms with Crippen molar-refractivity contribution in [2.24, 2.45) is 0 Å². The number of carbonyl (C=O) groups is 1. The largest absolute Gasteiger partial charge is 0.468 e. The number of benzene rings is 1. The van der Waals surface area contributed by atoms with Gasteiger partial charge in [0.2, 0.25) is 0 Å². The summed E-state index contributed by atoms with van der Waals surface area (Å²) in [6.45, 7) is 6.78. The molecule has 1 aromatic rings. The number of methoxy groups -OCH3 is 1. The summed E-state index contributed by atoms with van der Waals surface area (Å²) in [5.41, 5.74) is 3.75. The number of ether oxygens (including phenoxy) is 2. The van der Waals surface area contributed by atoms with Crippen molar-refractivity contribution in [2.45, 2.75) is 26.4 Å². The van der Waals surface area contributed by atoms with Crippen molar-refractivity contribution in [1.82, 2.24) is 4.90 Å². The topological polar surface area (TPSA) is 38.8 Å². The molecule has 0 N–H and O–H groups in total. The molecule has 0 spiro atoms. The molecule has 0 bridgehead atoms. The number of hydrogen-bond acceptors (Lipinski definition) is 4. The Bertz CT molecular complexity index is 459. The van der Waals surface area contributed by atoms with Gasteiger partial charge in [0.05, 0.1) is 20.3 Å². The molecular weight excluding hydrogens is 242 g/mol. The number of morpholine rings is 1. The highest BCUT2D eigenvalue weighted by Crippen LogP contribution is 2.17. The predicted octanol–water partition coefficient (Wildman–Crippen LogP) is 1.68. The van der Waals surface area contributed by atoms with Crippen molar-refractivity contribution in [3.63, 3.8) is 0 Å². The van der Waals surface area contributed by atoms with Crippen molar-refractivity contribution < 1.29 is 14.3 Å². The Morgan fingerprint density at radius 2 is 2.26 bits per heavy atom. The monoisotopic (exact) mass is 263 g/mol. The Morgan fingerprint density at radius 3 is 3.00 bits per heavy atom. The van der Waals surface area contributed by atoms with Gasteiger partial charge in [0.15, 0.2) is 0 Å². The molecule has 1 heterocycles. The van der Waals surface area contributed by atoms with Crippen LogP contribution in [-0.2, 0) is 20.8 Å². The van der Waals surface area contributed by atoms with E-state index >= 15 is 0 Å². The van der Waals surface area contributed by atoms with E-state index in [2.05, 4.69) is 36.9 Å². The molecule has 1 atom stereocenters. The Morgan fingerprint density at radius 1 is 1.47 bits per heavy atom. The lowest BCUT2D eigenvalue weighted by molar-refractivity contribution is -0.153. The molecule has 1 aromatic carbocycles.